The molecule has 2 N–H and O–H groups in total. The van der Waals surface area contributed by atoms with E-state index >= 15 is 0 Å². The van der Waals surface area contributed by atoms with Crippen molar-refractivity contribution in [3.63, 3.8) is 0 Å². The largest absolute Gasteiger partial charge is 0.325 e. The van der Waals surface area contributed by atoms with Gasteiger partial charge in [0.05, 0.1) is 5.69 Å². The molecule has 106 valence electrons. The van der Waals surface area contributed by atoms with Crippen molar-refractivity contribution < 1.29 is 8.42 Å². The third kappa shape index (κ3) is 3.32. The maximum absolute atomic E-state index is 12.6. The topological polar surface area (TPSA) is 76.3 Å². The van der Waals surface area contributed by atoms with Crippen LogP contribution in [0.5, 0.6) is 0 Å². The molecule has 0 bridgehead atoms. The minimum atomic E-state index is -3.43. The zero-order chi connectivity index (χ0) is 14.0. The van der Waals surface area contributed by atoms with Crippen LogP contribution in [0.15, 0.2) is 23.2 Å². The predicted molar refractivity (Wildman–Crippen MR) is 73.9 cm³/mol. The van der Waals surface area contributed by atoms with Crippen molar-refractivity contribution in [1.29, 1.82) is 0 Å². The molecular formula is C13H21N3O2S. The lowest BCUT2D eigenvalue weighted by molar-refractivity contribution is 0.360. The minimum absolute atomic E-state index is 0.168. The minimum Gasteiger partial charge on any atom is -0.325 e. The molecular weight excluding hydrogens is 262 g/mol. The first kappa shape index (κ1) is 14.4. The van der Waals surface area contributed by atoms with Crippen molar-refractivity contribution in [3.8, 4) is 0 Å². The first-order valence-electron chi connectivity index (χ1n) is 6.62. The second-order valence-electron chi connectivity index (χ2n) is 5.39. The van der Waals surface area contributed by atoms with Crippen LogP contribution in [0.25, 0.3) is 0 Å². The molecule has 1 aromatic heterocycles. The number of sulfonamides is 1. The van der Waals surface area contributed by atoms with E-state index in [1.807, 2.05) is 13.8 Å². The average molecular weight is 283 g/mol. The molecule has 0 aliphatic heterocycles. The third-order valence-electron chi connectivity index (χ3n) is 3.11. The molecule has 0 unspecified atom stereocenters. The van der Waals surface area contributed by atoms with E-state index in [0.29, 0.717) is 24.7 Å². The van der Waals surface area contributed by atoms with E-state index in [0.717, 1.165) is 12.8 Å². The summed E-state index contributed by atoms with van der Waals surface area (Å²) in [6, 6.07) is 3.44. The van der Waals surface area contributed by atoms with Crippen LogP contribution in [0.4, 0.5) is 0 Å². The van der Waals surface area contributed by atoms with Crippen LogP contribution in [0.3, 0.4) is 0 Å². The van der Waals surface area contributed by atoms with Gasteiger partial charge in [-0.25, -0.2) is 8.42 Å². The number of aromatic nitrogens is 1. The summed E-state index contributed by atoms with van der Waals surface area (Å²) in [5.74, 6) is 0.312. The summed E-state index contributed by atoms with van der Waals surface area (Å²) in [7, 11) is -3.43. The van der Waals surface area contributed by atoms with Crippen LogP contribution in [0.2, 0.25) is 0 Å². The number of nitrogens with zero attached hydrogens (tertiary/aromatic N) is 2. The van der Waals surface area contributed by atoms with Crippen LogP contribution in [0.1, 0.15) is 32.4 Å². The number of rotatable bonds is 6. The van der Waals surface area contributed by atoms with Crippen molar-refractivity contribution in [2.75, 3.05) is 6.54 Å². The second kappa shape index (κ2) is 5.56. The summed E-state index contributed by atoms with van der Waals surface area (Å²) < 4.78 is 26.8. The van der Waals surface area contributed by atoms with Gasteiger partial charge in [-0.15, -0.1) is 0 Å². The lowest BCUT2D eigenvalue weighted by atomic mass is 10.2. The standard InChI is InChI=1S/C13H21N3O2S/c1-10(2)9-16(12-4-5-12)19(17,18)13-6-3-11(7-14)15-8-13/h3,6,8,10,12H,4-5,7,9,14H2,1-2H3. The van der Waals surface area contributed by atoms with Gasteiger partial charge in [-0.05, 0) is 30.9 Å². The van der Waals surface area contributed by atoms with Crippen molar-refractivity contribution in [1.82, 2.24) is 9.29 Å². The second-order valence-corrected chi connectivity index (χ2v) is 7.28. The third-order valence-corrected chi connectivity index (χ3v) is 5.01. The fourth-order valence-corrected chi connectivity index (χ4v) is 3.78. The highest BCUT2D eigenvalue weighted by Gasteiger charge is 2.38. The maximum atomic E-state index is 12.6. The van der Waals surface area contributed by atoms with Crippen LogP contribution < -0.4 is 5.73 Å². The first-order valence-corrected chi connectivity index (χ1v) is 8.06. The molecule has 1 saturated carbocycles. The molecule has 0 saturated heterocycles. The number of hydrogen-bond donors (Lipinski definition) is 1. The van der Waals surface area contributed by atoms with Gasteiger partial charge < -0.3 is 5.73 Å². The van der Waals surface area contributed by atoms with E-state index in [2.05, 4.69) is 4.98 Å². The fraction of sp³-hybridized carbons (Fsp3) is 0.615. The summed E-state index contributed by atoms with van der Waals surface area (Å²) in [4.78, 5) is 4.34. The summed E-state index contributed by atoms with van der Waals surface area (Å²) in [6.07, 6.45) is 3.33. The van der Waals surface area contributed by atoms with E-state index in [1.54, 1.807) is 16.4 Å². The van der Waals surface area contributed by atoms with Gasteiger partial charge in [0.2, 0.25) is 10.0 Å². The lowest BCUT2D eigenvalue weighted by Gasteiger charge is -2.23. The van der Waals surface area contributed by atoms with Crippen molar-refractivity contribution in [2.45, 2.75) is 44.2 Å². The van der Waals surface area contributed by atoms with Gasteiger partial charge in [0.15, 0.2) is 0 Å². The fourth-order valence-electron chi connectivity index (χ4n) is 1.99. The number of hydrogen-bond acceptors (Lipinski definition) is 4. The Bertz CT molecular complexity index is 521. The Morgan fingerprint density at radius 1 is 1.42 bits per heavy atom. The Hall–Kier alpha value is -0.980. The predicted octanol–water partition coefficient (Wildman–Crippen LogP) is 1.35. The molecule has 6 heteroatoms. The molecule has 0 atom stereocenters. The summed E-state index contributed by atoms with van der Waals surface area (Å²) >= 11 is 0. The molecule has 1 aromatic rings. The van der Waals surface area contributed by atoms with Gasteiger partial charge in [-0.1, -0.05) is 13.8 Å². The molecule has 5 nitrogen and oxygen atoms in total. The molecule has 1 heterocycles. The Morgan fingerprint density at radius 2 is 2.11 bits per heavy atom. The van der Waals surface area contributed by atoms with Gasteiger partial charge in [0, 0.05) is 25.3 Å². The molecule has 0 amide bonds. The van der Waals surface area contributed by atoms with Gasteiger partial charge >= 0.3 is 0 Å². The molecule has 1 aliphatic rings. The Morgan fingerprint density at radius 3 is 2.53 bits per heavy atom. The summed E-state index contributed by atoms with van der Waals surface area (Å²) in [5.41, 5.74) is 6.17. The van der Waals surface area contributed by atoms with E-state index in [-0.39, 0.29) is 10.9 Å². The lowest BCUT2D eigenvalue weighted by Crippen LogP contribution is -2.36. The maximum Gasteiger partial charge on any atom is 0.244 e. The molecule has 19 heavy (non-hydrogen) atoms. The number of pyridine rings is 1. The van der Waals surface area contributed by atoms with Crippen LogP contribution >= 0.6 is 0 Å². The van der Waals surface area contributed by atoms with Gasteiger partial charge in [0.1, 0.15) is 4.90 Å². The summed E-state index contributed by atoms with van der Waals surface area (Å²) in [5, 5.41) is 0. The monoisotopic (exact) mass is 283 g/mol. The normalized spacial score (nSPS) is 16.3. The van der Waals surface area contributed by atoms with Gasteiger partial charge in [-0.3, -0.25) is 4.98 Å². The zero-order valence-corrected chi connectivity index (χ0v) is 12.2. The van der Waals surface area contributed by atoms with Crippen LogP contribution in [-0.4, -0.2) is 30.3 Å². The van der Waals surface area contributed by atoms with Crippen molar-refractivity contribution in [3.05, 3.63) is 24.0 Å². The highest BCUT2D eigenvalue weighted by atomic mass is 32.2. The van der Waals surface area contributed by atoms with Gasteiger partial charge in [-0.2, -0.15) is 4.31 Å². The SMILES string of the molecule is CC(C)CN(C1CC1)S(=O)(=O)c1ccc(CN)nc1. The van der Waals surface area contributed by atoms with Crippen LogP contribution in [0, 0.1) is 5.92 Å². The van der Waals surface area contributed by atoms with Gasteiger partial charge in [0.25, 0.3) is 0 Å². The average Bonchev–Trinajstić information content (AvgIpc) is 3.20. The number of nitrogens with two attached hydrogens (primary N) is 1. The highest BCUT2D eigenvalue weighted by Crippen LogP contribution is 2.32. The quantitative estimate of drug-likeness (QED) is 0.855. The Balaban J connectivity index is 2.27. The molecule has 1 fully saturated rings. The van der Waals surface area contributed by atoms with E-state index < -0.39 is 10.0 Å². The highest BCUT2D eigenvalue weighted by molar-refractivity contribution is 7.89. The Labute approximate surface area is 114 Å². The molecule has 0 spiro atoms. The van der Waals surface area contributed by atoms with E-state index in [9.17, 15) is 8.42 Å². The first-order chi connectivity index (χ1) is 8.95. The van der Waals surface area contributed by atoms with Crippen molar-refractivity contribution >= 4 is 10.0 Å². The van der Waals surface area contributed by atoms with E-state index in [4.69, 9.17) is 5.73 Å². The van der Waals surface area contributed by atoms with E-state index in [1.165, 1.54) is 6.20 Å². The molecule has 0 radical (unpaired) electrons. The summed E-state index contributed by atoms with van der Waals surface area (Å²) in [6.45, 7) is 4.94. The molecule has 0 aromatic carbocycles. The van der Waals surface area contributed by atoms with Crippen molar-refractivity contribution in [2.24, 2.45) is 11.7 Å². The zero-order valence-electron chi connectivity index (χ0n) is 11.4. The smallest absolute Gasteiger partial charge is 0.244 e. The molecule has 1 aliphatic carbocycles. The van der Waals surface area contributed by atoms with Crippen LogP contribution in [-0.2, 0) is 16.6 Å². The Kier molecular flexibility index (Phi) is 4.23. The molecule has 2 rings (SSSR count).